The number of alkyl halides is 1. The Hall–Kier alpha value is -0.310. The summed E-state index contributed by atoms with van der Waals surface area (Å²) in [5.74, 6) is -0.341. The van der Waals surface area contributed by atoms with Gasteiger partial charge in [0, 0.05) is 5.57 Å². The fourth-order valence-corrected chi connectivity index (χ4v) is 0.501. The Balaban J connectivity index is 4.25. The Labute approximate surface area is 82.1 Å². The van der Waals surface area contributed by atoms with Gasteiger partial charge in [-0.3, -0.25) is 0 Å². The number of halogens is 1. The molecule has 3 heteroatoms. The predicted molar refractivity (Wildman–Crippen MR) is 53.4 cm³/mol. The van der Waals surface area contributed by atoms with Gasteiger partial charge in [0.25, 0.3) is 0 Å². The molecule has 0 N–H and O–H groups in total. The third-order valence-electron chi connectivity index (χ3n) is 1.66. The number of hydrogen-bond acceptors (Lipinski definition) is 2. The molecule has 0 saturated carbocycles. The summed E-state index contributed by atoms with van der Waals surface area (Å²) in [5, 5.41) is 0. The highest BCUT2D eigenvalue weighted by atomic mass is 79.9. The molecule has 0 amide bonds. The maximum absolute atomic E-state index is 11.1. The molecule has 0 fully saturated rings. The Morgan fingerprint density at radius 3 is 2.25 bits per heavy atom. The van der Waals surface area contributed by atoms with Crippen LogP contribution in [0.25, 0.3) is 0 Å². The molecule has 0 aromatic heterocycles. The molecule has 0 rings (SSSR count). The van der Waals surface area contributed by atoms with E-state index in [1.54, 1.807) is 6.92 Å². The maximum atomic E-state index is 11.1. The summed E-state index contributed by atoms with van der Waals surface area (Å²) in [6, 6.07) is 0. The average Bonchev–Trinajstić information content (AvgIpc) is 1.85. The van der Waals surface area contributed by atoms with Crippen LogP contribution in [0.3, 0.4) is 0 Å². The van der Waals surface area contributed by atoms with Crippen LogP contribution in [0.4, 0.5) is 0 Å². The van der Waals surface area contributed by atoms with E-state index in [1.165, 1.54) is 0 Å². The number of carbonyl (C=O) groups excluding carboxylic acids is 1. The van der Waals surface area contributed by atoms with Gasteiger partial charge in [0.05, 0.1) is 4.83 Å². The number of hydrogen-bond donors (Lipinski definition) is 0. The van der Waals surface area contributed by atoms with Crippen LogP contribution in [0.1, 0.15) is 27.7 Å². The second-order valence-corrected chi connectivity index (χ2v) is 4.76. The van der Waals surface area contributed by atoms with Gasteiger partial charge in [-0.15, -0.1) is 0 Å². The fourth-order valence-electron chi connectivity index (χ4n) is 0.407. The summed E-state index contributed by atoms with van der Waals surface area (Å²) in [5.41, 5.74) is -0.0630. The lowest BCUT2D eigenvalue weighted by atomic mass is 10.1. The molecule has 0 aromatic rings. The molecule has 0 aliphatic heterocycles. The topological polar surface area (TPSA) is 26.3 Å². The highest BCUT2D eigenvalue weighted by Crippen LogP contribution is 2.22. The van der Waals surface area contributed by atoms with E-state index in [2.05, 4.69) is 22.5 Å². The van der Waals surface area contributed by atoms with Gasteiger partial charge in [-0.2, -0.15) is 0 Å². The maximum Gasteiger partial charge on any atom is 0.333 e. The van der Waals surface area contributed by atoms with Crippen molar-refractivity contribution in [2.24, 2.45) is 0 Å². The zero-order chi connectivity index (χ0) is 9.94. The first-order chi connectivity index (χ1) is 5.27. The van der Waals surface area contributed by atoms with Crippen molar-refractivity contribution >= 4 is 21.9 Å². The van der Waals surface area contributed by atoms with Crippen LogP contribution in [-0.2, 0) is 9.53 Å². The Kier molecular flexibility index (Phi) is 3.97. The lowest BCUT2D eigenvalue weighted by molar-refractivity contribution is -0.150. The van der Waals surface area contributed by atoms with Crippen LogP contribution in [0.15, 0.2) is 12.2 Å². The molecule has 0 saturated heterocycles. The van der Waals surface area contributed by atoms with E-state index in [1.807, 2.05) is 20.8 Å². The van der Waals surface area contributed by atoms with E-state index in [0.29, 0.717) is 5.57 Å². The minimum Gasteiger partial charge on any atom is -0.455 e. The third kappa shape index (κ3) is 3.39. The lowest BCUT2D eigenvalue weighted by Crippen LogP contribution is -2.35. The van der Waals surface area contributed by atoms with E-state index >= 15 is 0 Å². The smallest absolute Gasteiger partial charge is 0.333 e. The number of rotatable bonds is 3. The SMILES string of the molecule is C=C(C)C(=O)OC(C)(C)C(C)Br. The van der Waals surface area contributed by atoms with Crippen LogP contribution in [0, 0.1) is 0 Å². The molecule has 70 valence electrons. The fraction of sp³-hybridized carbons (Fsp3) is 0.667. The lowest BCUT2D eigenvalue weighted by Gasteiger charge is -2.27. The highest BCUT2D eigenvalue weighted by Gasteiger charge is 2.28. The van der Waals surface area contributed by atoms with Gasteiger partial charge in [0.15, 0.2) is 0 Å². The van der Waals surface area contributed by atoms with Gasteiger partial charge in [-0.25, -0.2) is 4.79 Å². The van der Waals surface area contributed by atoms with E-state index < -0.39 is 5.60 Å². The molecule has 0 aliphatic rings. The zero-order valence-electron chi connectivity index (χ0n) is 7.98. The molecule has 1 unspecified atom stereocenters. The van der Waals surface area contributed by atoms with Gasteiger partial charge < -0.3 is 4.74 Å². The minimum atomic E-state index is -0.490. The Bertz CT molecular complexity index is 195. The molecule has 0 spiro atoms. The average molecular weight is 235 g/mol. The van der Waals surface area contributed by atoms with Crippen LogP contribution in [0.5, 0.6) is 0 Å². The quantitative estimate of drug-likeness (QED) is 0.427. The Morgan fingerprint density at radius 1 is 1.58 bits per heavy atom. The molecule has 0 aliphatic carbocycles. The Morgan fingerprint density at radius 2 is 2.00 bits per heavy atom. The number of carbonyl (C=O) groups is 1. The molecule has 0 aromatic carbocycles. The van der Waals surface area contributed by atoms with E-state index in [4.69, 9.17) is 4.74 Å². The van der Waals surface area contributed by atoms with E-state index in [0.717, 1.165) is 0 Å². The van der Waals surface area contributed by atoms with Crippen LogP contribution in [-0.4, -0.2) is 16.4 Å². The van der Waals surface area contributed by atoms with Crippen molar-refractivity contribution in [3.05, 3.63) is 12.2 Å². The zero-order valence-corrected chi connectivity index (χ0v) is 9.56. The van der Waals surface area contributed by atoms with Crippen molar-refractivity contribution in [1.29, 1.82) is 0 Å². The van der Waals surface area contributed by atoms with Gasteiger partial charge in [-0.1, -0.05) is 22.5 Å². The van der Waals surface area contributed by atoms with Crippen LogP contribution < -0.4 is 0 Å². The van der Waals surface area contributed by atoms with Crippen molar-refractivity contribution in [3.63, 3.8) is 0 Å². The van der Waals surface area contributed by atoms with Crippen molar-refractivity contribution in [1.82, 2.24) is 0 Å². The number of esters is 1. The van der Waals surface area contributed by atoms with Crippen molar-refractivity contribution in [3.8, 4) is 0 Å². The van der Waals surface area contributed by atoms with Gasteiger partial charge >= 0.3 is 5.97 Å². The van der Waals surface area contributed by atoms with E-state index in [9.17, 15) is 4.79 Å². The normalized spacial score (nSPS) is 13.8. The summed E-state index contributed by atoms with van der Waals surface area (Å²) in [4.78, 5) is 11.2. The summed E-state index contributed by atoms with van der Waals surface area (Å²) in [6.07, 6.45) is 0. The first-order valence-corrected chi connectivity index (χ1v) is 4.72. The second-order valence-electron chi connectivity index (χ2n) is 3.39. The molecular formula is C9H15BrO2. The van der Waals surface area contributed by atoms with Crippen LogP contribution >= 0.6 is 15.9 Å². The molecule has 12 heavy (non-hydrogen) atoms. The summed E-state index contributed by atoms with van der Waals surface area (Å²) in [6.45, 7) is 10.8. The summed E-state index contributed by atoms with van der Waals surface area (Å²) in [7, 11) is 0. The van der Waals surface area contributed by atoms with Gasteiger partial charge in [0.1, 0.15) is 5.60 Å². The van der Waals surface area contributed by atoms with Crippen molar-refractivity contribution in [2.45, 2.75) is 38.1 Å². The second kappa shape index (κ2) is 4.08. The largest absolute Gasteiger partial charge is 0.455 e. The minimum absolute atomic E-state index is 0.119. The van der Waals surface area contributed by atoms with Crippen molar-refractivity contribution < 1.29 is 9.53 Å². The van der Waals surface area contributed by atoms with Crippen LogP contribution in [0.2, 0.25) is 0 Å². The van der Waals surface area contributed by atoms with E-state index in [-0.39, 0.29) is 10.8 Å². The first kappa shape index (κ1) is 11.7. The van der Waals surface area contributed by atoms with Gasteiger partial charge in [0.2, 0.25) is 0 Å². The standard InChI is InChI=1S/C9H15BrO2/c1-6(2)8(11)12-9(4,5)7(3)10/h7H,1H2,2-5H3. The summed E-state index contributed by atoms with van der Waals surface area (Å²) >= 11 is 3.37. The monoisotopic (exact) mass is 234 g/mol. The molecule has 0 radical (unpaired) electrons. The summed E-state index contributed by atoms with van der Waals surface area (Å²) < 4.78 is 5.18. The molecular weight excluding hydrogens is 220 g/mol. The highest BCUT2D eigenvalue weighted by molar-refractivity contribution is 9.09. The number of ether oxygens (including phenoxy) is 1. The molecule has 1 atom stereocenters. The molecule has 2 nitrogen and oxygen atoms in total. The van der Waals surface area contributed by atoms with Crippen molar-refractivity contribution in [2.75, 3.05) is 0 Å². The molecule has 0 heterocycles. The van der Waals surface area contributed by atoms with Gasteiger partial charge in [-0.05, 0) is 27.7 Å². The first-order valence-electron chi connectivity index (χ1n) is 3.80. The predicted octanol–water partition coefficient (Wildman–Crippen LogP) is 2.67. The third-order valence-corrected chi connectivity index (χ3v) is 2.76. The molecule has 0 bridgehead atoms.